The van der Waals surface area contributed by atoms with Crippen molar-refractivity contribution in [1.82, 2.24) is 0 Å². The predicted octanol–water partition coefficient (Wildman–Crippen LogP) is 3.16. The molecular formula is C15H17ClN2O2S. The lowest BCUT2D eigenvalue weighted by molar-refractivity contribution is 0.601. The quantitative estimate of drug-likeness (QED) is 0.887. The summed E-state index contributed by atoms with van der Waals surface area (Å²) in [6, 6.07) is 11.5. The molecule has 0 spiro atoms. The molecule has 0 amide bonds. The number of nitrogens with one attached hydrogen (secondary N) is 1. The van der Waals surface area contributed by atoms with Gasteiger partial charge in [0, 0.05) is 17.3 Å². The zero-order chi connectivity index (χ0) is 15.5. The number of nitrogens with two attached hydrogens (primary N) is 1. The van der Waals surface area contributed by atoms with E-state index in [1.54, 1.807) is 42.5 Å². The van der Waals surface area contributed by atoms with Crippen molar-refractivity contribution in [3.8, 4) is 0 Å². The molecule has 0 aliphatic rings. The van der Waals surface area contributed by atoms with Gasteiger partial charge in [-0.3, -0.25) is 4.72 Å². The number of benzene rings is 2. The van der Waals surface area contributed by atoms with Crippen LogP contribution >= 0.6 is 11.6 Å². The maximum atomic E-state index is 12.4. The van der Waals surface area contributed by atoms with E-state index < -0.39 is 10.0 Å². The number of sulfonamides is 1. The SMILES string of the molecule is CCc1ccc(S(=O)(=O)Nc2ccc(Cl)cc2)cc1CN. The molecule has 0 atom stereocenters. The van der Waals surface area contributed by atoms with Crippen molar-refractivity contribution < 1.29 is 8.42 Å². The highest BCUT2D eigenvalue weighted by Gasteiger charge is 2.15. The van der Waals surface area contributed by atoms with Crippen molar-refractivity contribution in [2.75, 3.05) is 4.72 Å². The normalized spacial score (nSPS) is 11.4. The Bertz CT molecular complexity index is 728. The van der Waals surface area contributed by atoms with Crippen LogP contribution in [0.2, 0.25) is 5.02 Å². The van der Waals surface area contributed by atoms with E-state index in [2.05, 4.69) is 4.72 Å². The largest absolute Gasteiger partial charge is 0.326 e. The Hall–Kier alpha value is -1.56. The number of aryl methyl sites for hydroxylation is 1. The standard InChI is InChI=1S/C15H17ClN2O2S/c1-2-11-3-8-15(9-12(11)10-17)21(19,20)18-14-6-4-13(16)5-7-14/h3-9,18H,2,10,17H2,1H3. The molecule has 0 radical (unpaired) electrons. The summed E-state index contributed by atoms with van der Waals surface area (Å²) < 4.78 is 27.3. The van der Waals surface area contributed by atoms with Crippen LogP contribution in [0.4, 0.5) is 5.69 Å². The second-order valence-electron chi connectivity index (χ2n) is 4.60. The van der Waals surface area contributed by atoms with Gasteiger partial charge in [-0.05, 0) is 53.9 Å². The summed E-state index contributed by atoms with van der Waals surface area (Å²) in [5, 5.41) is 0.552. The molecule has 0 heterocycles. The summed E-state index contributed by atoms with van der Waals surface area (Å²) in [7, 11) is -3.63. The number of anilines is 1. The molecule has 0 aliphatic carbocycles. The van der Waals surface area contributed by atoms with Gasteiger partial charge in [0.1, 0.15) is 0 Å². The van der Waals surface area contributed by atoms with Crippen molar-refractivity contribution in [1.29, 1.82) is 0 Å². The zero-order valence-electron chi connectivity index (χ0n) is 11.6. The average Bonchev–Trinajstić information content (AvgIpc) is 2.48. The molecule has 0 aromatic heterocycles. The molecule has 0 saturated heterocycles. The summed E-state index contributed by atoms with van der Waals surface area (Å²) in [6.07, 6.45) is 0.817. The van der Waals surface area contributed by atoms with Crippen LogP contribution in [0.5, 0.6) is 0 Å². The number of rotatable bonds is 5. The first-order valence-corrected chi connectivity index (χ1v) is 8.42. The second kappa shape index (κ2) is 6.47. The Labute approximate surface area is 130 Å². The molecule has 2 aromatic carbocycles. The van der Waals surface area contributed by atoms with Gasteiger partial charge in [0.25, 0.3) is 10.0 Å². The Morgan fingerprint density at radius 3 is 2.33 bits per heavy atom. The van der Waals surface area contributed by atoms with Crippen LogP contribution < -0.4 is 10.5 Å². The van der Waals surface area contributed by atoms with E-state index in [1.165, 1.54) is 0 Å². The van der Waals surface area contributed by atoms with Crippen molar-refractivity contribution in [3.05, 3.63) is 58.6 Å². The van der Waals surface area contributed by atoms with Crippen LogP contribution in [0.1, 0.15) is 18.1 Å². The Morgan fingerprint density at radius 1 is 1.10 bits per heavy atom. The summed E-state index contributed by atoms with van der Waals surface area (Å²) in [6.45, 7) is 2.32. The maximum absolute atomic E-state index is 12.4. The molecule has 4 nitrogen and oxygen atoms in total. The first-order valence-electron chi connectivity index (χ1n) is 6.56. The van der Waals surface area contributed by atoms with E-state index in [0.717, 1.165) is 17.5 Å². The number of hydrogen-bond acceptors (Lipinski definition) is 3. The highest BCUT2D eigenvalue weighted by atomic mass is 35.5. The highest BCUT2D eigenvalue weighted by molar-refractivity contribution is 7.92. The summed E-state index contributed by atoms with van der Waals surface area (Å²) in [5.41, 5.74) is 8.05. The Morgan fingerprint density at radius 2 is 1.76 bits per heavy atom. The van der Waals surface area contributed by atoms with E-state index in [-0.39, 0.29) is 4.90 Å². The van der Waals surface area contributed by atoms with Crippen molar-refractivity contribution in [3.63, 3.8) is 0 Å². The minimum atomic E-state index is -3.63. The van der Waals surface area contributed by atoms with Crippen LogP contribution in [0, 0.1) is 0 Å². The van der Waals surface area contributed by atoms with Crippen molar-refractivity contribution in [2.45, 2.75) is 24.8 Å². The topological polar surface area (TPSA) is 72.2 Å². The summed E-state index contributed by atoms with van der Waals surface area (Å²) in [5.74, 6) is 0. The molecule has 0 saturated carbocycles. The minimum Gasteiger partial charge on any atom is -0.326 e. The summed E-state index contributed by atoms with van der Waals surface area (Å²) in [4.78, 5) is 0.204. The van der Waals surface area contributed by atoms with Crippen LogP contribution in [0.15, 0.2) is 47.4 Å². The maximum Gasteiger partial charge on any atom is 0.261 e. The van der Waals surface area contributed by atoms with Crippen LogP contribution in [0.25, 0.3) is 0 Å². The predicted molar refractivity (Wildman–Crippen MR) is 86.0 cm³/mol. The van der Waals surface area contributed by atoms with Gasteiger partial charge in [-0.1, -0.05) is 24.6 Å². The molecule has 112 valence electrons. The van der Waals surface area contributed by atoms with Gasteiger partial charge in [-0.2, -0.15) is 0 Å². The van der Waals surface area contributed by atoms with Gasteiger partial charge in [0.15, 0.2) is 0 Å². The van der Waals surface area contributed by atoms with E-state index in [4.69, 9.17) is 17.3 Å². The summed E-state index contributed by atoms with van der Waals surface area (Å²) >= 11 is 5.78. The zero-order valence-corrected chi connectivity index (χ0v) is 13.2. The third-order valence-corrected chi connectivity index (χ3v) is 4.82. The van der Waals surface area contributed by atoms with Gasteiger partial charge in [-0.25, -0.2) is 8.42 Å². The molecular weight excluding hydrogens is 308 g/mol. The fraction of sp³-hybridized carbons (Fsp3) is 0.200. The molecule has 2 rings (SSSR count). The highest BCUT2D eigenvalue weighted by Crippen LogP contribution is 2.21. The lowest BCUT2D eigenvalue weighted by Gasteiger charge is -2.11. The molecule has 2 aromatic rings. The van der Waals surface area contributed by atoms with E-state index >= 15 is 0 Å². The molecule has 0 bridgehead atoms. The average molecular weight is 325 g/mol. The minimum absolute atomic E-state index is 0.204. The fourth-order valence-corrected chi connectivity index (χ4v) is 3.27. The number of halogens is 1. The Kier molecular flexibility index (Phi) is 4.88. The fourth-order valence-electron chi connectivity index (χ4n) is 2.04. The molecule has 6 heteroatoms. The molecule has 0 fully saturated rings. The van der Waals surface area contributed by atoms with Crippen LogP contribution in [-0.4, -0.2) is 8.42 Å². The van der Waals surface area contributed by atoms with Gasteiger partial charge in [0.05, 0.1) is 4.90 Å². The lowest BCUT2D eigenvalue weighted by Crippen LogP contribution is -2.14. The molecule has 0 aliphatic heterocycles. The molecule has 21 heavy (non-hydrogen) atoms. The van der Waals surface area contributed by atoms with Gasteiger partial charge in [-0.15, -0.1) is 0 Å². The molecule has 0 unspecified atom stereocenters. The van der Waals surface area contributed by atoms with Gasteiger partial charge in [0.2, 0.25) is 0 Å². The van der Waals surface area contributed by atoms with E-state index in [1.807, 2.05) is 6.92 Å². The van der Waals surface area contributed by atoms with Gasteiger partial charge < -0.3 is 5.73 Å². The molecule has 3 N–H and O–H groups in total. The van der Waals surface area contributed by atoms with Crippen molar-refractivity contribution >= 4 is 27.3 Å². The van der Waals surface area contributed by atoms with E-state index in [9.17, 15) is 8.42 Å². The first kappa shape index (κ1) is 15.8. The number of hydrogen-bond donors (Lipinski definition) is 2. The van der Waals surface area contributed by atoms with Crippen molar-refractivity contribution in [2.24, 2.45) is 5.73 Å². The second-order valence-corrected chi connectivity index (χ2v) is 6.72. The smallest absolute Gasteiger partial charge is 0.261 e. The van der Waals surface area contributed by atoms with E-state index in [0.29, 0.717) is 17.3 Å². The third kappa shape index (κ3) is 3.75. The first-order chi connectivity index (χ1) is 9.96. The lowest BCUT2D eigenvalue weighted by atomic mass is 10.1. The third-order valence-electron chi connectivity index (χ3n) is 3.19. The monoisotopic (exact) mass is 324 g/mol. The van der Waals surface area contributed by atoms with Gasteiger partial charge >= 0.3 is 0 Å². The van der Waals surface area contributed by atoms with Crippen LogP contribution in [0.3, 0.4) is 0 Å². The Balaban J connectivity index is 2.33. The van der Waals surface area contributed by atoms with Crippen LogP contribution in [-0.2, 0) is 23.0 Å².